The number of alkyl halides is 3. The number of H-pyrrole nitrogens is 1. The summed E-state index contributed by atoms with van der Waals surface area (Å²) < 4.78 is 50.8. The maximum Gasteiger partial charge on any atom is 0.279 e. The zero-order valence-corrected chi connectivity index (χ0v) is 10.0. The summed E-state index contributed by atoms with van der Waals surface area (Å²) in [5, 5.41) is 9.09. The molecule has 1 aliphatic heterocycles. The average molecular weight is 286 g/mol. The van der Waals surface area contributed by atoms with Crippen LogP contribution in [0, 0.1) is 5.41 Å². The zero-order valence-electron chi connectivity index (χ0n) is 10.0. The van der Waals surface area contributed by atoms with Crippen molar-refractivity contribution in [3.8, 4) is 0 Å². The van der Waals surface area contributed by atoms with Gasteiger partial charge in [0, 0.05) is 11.8 Å². The molecule has 3 N–H and O–H groups in total. The van der Waals surface area contributed by atoms with Crippen LogP contribution in [0.3, 0.4) is 0 Å². The molecule has 2 heterocycles. The second-order valence-corrected chi connectivity index (χ2v) is 3.91. The molecule has 0 saturated carbocycles. The summed E-state index contributed by atoms with van der Waals surface area (Å²) in [5.74, 6) is -0.508. The molecule has 0 saturated heterocycles. The van der Waals surface area contributed by atoms with Crippen molar-refractivity contribution in [2.24, 2.45) is 0 Å². The monoisotopic (exact) mass is 286 g/mol. The maximum absolute atomic E-state index is 13.5. The molecule has 1 unspecified atom stereocenters. The fourth-order valence-corrected chi connectivity index (χ4v) is 1.52. The van der Waals surface area contributed by atoms with Crippen molar-refractivity contribution >= 4 is 17.4 Å². The van der Waals surface area contributed by atoms with Crippen LogP contribution in [0.15, 0.2) is 30.4 Å². The molecule has 0 amide bonds. The highest BCUT2D eigenvalue weighted by atomic mass is 19.3. The predicted molar refractivity (Wildman–Crippen MR) is 66.6 cm³/mol. The lowest BCUT2D eigenvalue weighted by atomic mass is 10.1. The Kier molecular flexibility index (Phi) is 4.02. The van der Waals surface area contributed by atoms with Crippen molar-refractivity contribution in [2.75, 3.05) is 0 Å². The summed E-state index contributed by atoms with van der Waals surface area (Å²) >= 11 is 0. The number of imidazole rings is 1. The largest absolute Gasteiger partial charge is 0.356 e. The van der Waals surface area contributed by atoms with Crippen molar-refractivity contribution in [2.45, 2.75) is 12.7 Å². The molecule has 0 bridgehead atoms. The number of aromatic nitrogens is 2. The van der Waals surface area contributed by atoms with E-state index in [0.717, 1.165) is 24.4 Å². The Balaban J connectivity index is 2.17. The third-order valence-electron chi connectivity index (χ3n) is 2.48. The number of rotatable bonds is 4. The van der Waals surface area contributed by atoms with Crippen LogP contribution in [0.5, 0.6) is 0 Å². The van der Waals surface area contributed by atoms with E-state index in [1.165, 1.54) is 6.20 Å². The van der Waals surface area contributed by atoms with Crippen LogP contribution >= 0.6 is 0 Å². The molecule has 1 aliphatic rings. The van der Waals surface area contributed by atoms with E-state index in [4.69, 9.17) is 5.41 Å². The fraction of sp³-hybridized carbons (Fsp3) is 0.167. The van der Waals surface area contributed by atoms with Crippen LogP contribution in [-0.2, 0) is 0 Å². The van der Waals surface area contributed by atoms with Crippen molar-refractivity contribution < 1.29 is 17.6 Å². The highest BCUT2D eigenvalue weighted by Gasteiger charge is 2.17. The molecule has 0 spiro atoms. The highest BCUT2D eigenvalue weighted by molar-refractivity contribution is 5.97. The Labute approximate surface area is 111 Å². The molecule has 1 atom stereocenters. The van der Waals surface area contributed by atoms with E-state index in [2.05, 4.69) is 15.3 Å². The van der Waals surface area contributed by atoms with Crippen molar-refractivity contribution in [3.05, 3.63) is 41.9 Å². The molecule has 0 aromatic carbocycles. The van der Waals surface area contributed by atoms with Crippen LogP contribution in [0.2, 0.25) is 0 Å². The Morgan fingerprint density at radius 2 is 2.20 bits per heavy atom. The number of nitrogens with zero attached hydrogens (tertiary/aromatic N) is 1. The highest BCUT2D eigenvalue weighted by Crippen LogP contribution is 2.25. The van der Waals surface area contributed by atoms with E-state index in [1.54, 1.807) is 0 Å². The average Bonchev–Trinajstić information content (AvgIpc) is 2.87. The van der Waals surface area contributed by atoms with Gasteiger partial charge in [-0.15, -0.1) is 0 Å². The first-order valence-corrected chi connectivity index (χ1v) is 5.55. The van der Waals surface area contributed by atoms with E-state index >= 15 is 0 Å². The van der Waals surface area contributed by atoms with E-state index in [0.29, 0.717) is 0 Å². The second kappa shape index (κ2) is 5.72. The minimum atomic E-state index is -2.87. The van der Waals surface area contributed by atoms with Crippen molar-refractivity contribution in [1.29, 1.82) is 5.41 Å². The Hall–Kier alpha value is -2.38. The van der Waals surface area contributed by atoms with Gasteiger partial charge in [0.25, 0.3) is 6.43 Å². The lowest BCUT2D eigenvalue weighted by molar-refractivity contribution is 0.226. The number of aromatic amines is 1. The SMILES string of the molecule is N=C(/C=C\c1ncc(C2=CC(F)NC=C2F)[nH]1)C(F)F. The van der Waals surface area contributed by atoms with Gasteiger partial charge in [-0.25, -0.2) is 22.5 Å². The zero-order chi connectivity index (χ0) is 14.7. The molecular weight excluding hydrogens is 276 g/mol. The van der Waals surface area contributed by atoms with Gasteiger partial charge in [-0.1, -0.05) is 0 Å². The minimum Gasteiger partial charge on any atom is -0.356 e. The first kappa shape index (κ1) is 14.0. The number of nitrogens with one attached hydrogen (secondary N) is 3. The first-order valence-electron chi connectivity index (χ1n) is 5.55. The van der Waals surface area contributed by atoms with Crippen LogP contribution in [0.1, 0.15) is 11.5 Å². The standard InChI is InChI=1S/C12H10F4N4/c13-7-4-18-10(14)3-6(7)9-5-19-11(20-9)2-1-8(17)12(15)16/h1-5,10,12,17-18H,(H,19,20)/b2-1-,17-8?. The van der Waals surface area contributed by atoms with E-state index < -0.39 is 24.3 Å². The Bertz CT molecular complexity index is 600. The number of hydrogen-bond donors (Lipinski definition) is 3. The first-order chi connectivity index (χ1) is 9.47. The number of hydrogen-bond acceptors (Lipinski definition) is 3. The summed E-state index contributed by atoms with van der Waals surface area (Å²) in [5.41, 5.74) is -0.655. The lowest BCUT2D eigenvalue weighted by Crippen LogP contribution is -2.20. The Morgan fingerprint density at radius 1 is 1.45 bits per heavy atom. The summed E-state index contributed by atoms with van der Waals surface area (Å²) in [6.07, 6.45) is 0.824. The van der Waals surface area contributed by atoms with E-state index in [9.17, 15) is 17.6 Å². The van der Waals surface area contributed by atoms with Gasteiger partial charge in [0.15, 0.2) is 6.30 Å². The second-order valence-electron chi connectivity index (χ2n) is 3.91. The normalized spacial score (nSPS) is 18.9. The van der Waals surface area contributed by atoms with Gasteiger partial charge in [-0.2, -0.15) is 0 Å². The van der Waals surface area contributed by atoms with Gasteiger partial charge in [-0.3, -0.25) is 5.41 Å². The quantitative estimate of drug-likeness (QED) is 0.453. The number of halogens is 4. The third-order valence-corrected chi connectivity index (χ3v) is 2.48. The maximum atomic E-state index is 13.5. The predicted octanol–water partition coefficient (Wildman–Crippen LogP) is 2.80. The van der Waals surface area contributed by atoms with Gasteiger partial charge in [0.1, 0.15) is 11.7 Å². The van der Waals surface area contributed by atoms with Crippen LogP contribution in [-0.4, -0.2) is 28.4 Å². The van der Waals surface area contributed by atoms with Crippen LogP contribution < -0.4 is 5.32 Å². The van der Waals surface area contributed by atoms with Gasteiger partial charge in [0.05, 0.1) is 17.6 Å². The molecule has 8 heteroatoms. The van der Waals surface area contributed by atoms with Gasteiger partial charge < -0.3 is 10.3 Å². The molecule has 20 heavy (non-hydrogen) atoms. The summed E-state index contributed by atoms with van der Waals surface area (Å²) in [6, 6.07) is 0. The molecule has 1 aromatic heterocycles. The number of dihydropyridines is 1. The van der Waals surface area contributed by atoms with Crippen molar-refractivity contribution in [1.82, 2.24) is 15.3 Å². The summed E-state index contributed by atoms with van der Waals surface area (Å²) in [7, 11) is 0. The summed E-state index contributed by atoms with van der Waals surface area (Å²) in [6.45, 7) is 0. The topological polar surface area (TPSA) is 64.6 Å². The van der Waals surface area contributed by atoms with Crippen LogP contribution in [0.25, 0.3) is 11.6 Å². The molecule has 2 rings (SSSR count). The minimum absolute atomic E-state index is 0.00710. The molecule has 1 aromatic rings. The van der Waals surface area contributed by atoms with Crippen LogP contribution in [0.4, 0.5) is 17.6 Å². The lowest BCUT2D eigenvalue weighted by Gasteiger charge is -2.12. The van der Waals surface area contributed by atoms with Crippen molar-refractivity contribution in [3.63, 3.8) is 0 Å². The molecule has 0 aliphatic carbocycles. The number of allylic oxidation sites excluding steroid dienone is 3. The molecule has 0 fully saturated rings. The van der Waals surface area contributed by atoms with Gasteiger partial charge in [-0.05, 0) is 18.2 Å². The molecule has 106 valence electrons. The molecule has 0 radical (unpaired) electrons. The molecule has 4 nitrogen and oxygen atoms in total. The van der Waals surface area contributed by atoms with Gasteiger partial charge in [0.2, 0.25) is 0 Å². The Morgan fingerprint density at radius 3 is 2.90 bits per heavy atom. The molecular formula is C12H10F4N4. The van der Waals surface area contributed by atoms with Gasteiger partial charge >= 0.3 is 0 Å². The van der Waals surface area contributed by atoms with E-state index in [-0.39, 0.29) is 17.1 Å². The summed E-state index contributed by atoms with van der Waals surface area (Å²) in [4.78, 5) is 6.47. The fourth-order valence-electron chi connectivity index (χ4n) is 1.52. The van der Waals surface area contributed by atoms with E-state index in [1.807, 2.05) is 0 Å². The third kappa shape index (κ3) is 3.14. The smallest absolute Gasteiger partial charge is 0.279 e.